The Labute approximate surface area is 121 Å². The Morgan fingerprint density at radius 1 is 1.48 bits per heavy atom. The SMILES string of the molecule is Cc1cnc(N[C@H](C)c2nnc3n2CCC3)c([N+](=O)[O-])c1. The van der Waals surface area contributed by atoms with Crippen LogP contribution in [0.4, 0.5) is 11.5 Å². The largest absolute Gasteiger partial charge is 0.355 e. The summed E-state index contributed by atoms with van der Waals surface area (Å²) in [5, 5.41) is 22.5. The summed E-state index contributed by atoms with van der Waals surface area (Å²) in [6.07, 6.45) is 3.60. The maximum absolute atomic E-state index is 11.1. The summed E-state index contributed by atoms with van der Waals surface area (Å²) in [5.74, 6) is 2.03. The van der Waals surface area contributed by atoms with Gasteiger partial charge in [0.15, 0.2) is 5.82 Å². The maximum Gasteiger partial charge on any atom is 0.311 e. The first-order valence-corrected chi connectivity index (χ1v) is 6.86. The Morgan fingerprint density at radius 2 is 2.29 bits per heavy atom. The fraction of sp³-hybridized carbons (Fsp3) is 0.462. The molecule has 0 saturated carbocycles. The van der Waals surface area contributed by atoms with Crippen LogP contribution in [0.2, 0.25) is 0 Å². The molecule has 0 spiro atoms. The Kier molecular flexibility index (Phi) is 3.28. The van der Waals surface area contributed by atoms with E-state index < -0.39 is 4.92 Å². The van der Waals surface area contributed by atoms with Gasteiger partial charge in [-0.25, -0.2) is 4.98 Å². The normalized spacial score (nSPS) is 14.8. The number of rotatable bonds is 4. The van der Waals surface area contributed by atoms with Gasteiger partial charge in [0, 0.05) is 25.2 Å². The van der Waals surface area contributed by atoms with Gasteiger partial charge in [-0.15, -0.1) is 10.2 Å². The van der Waals surface area contributed by atoms with Gasteiger partial charge in [-0.3, -0.25) is 10.1 Å². The van der Waals surface area contributed by atoms with Gasteiger partial charge in [-0.05, 0) is 25.8 Å². The van der Waals surface area contributed by atoms with E-state index in [2.05, 4.69) is 25.1 Å². The second-order valence-electron chi connectivity index (χ2n) is 5.23. The van der Waals surface area contributed by atoms with E-state index in [1.165, 1.54) is 6.07 Å². The molecule has 1 aliphatic heterocycles. The number of hydrogen-bond acceptors (Lipinski definition) is 6. The van der Waals surface area contributed by atoms with Gasteiger partial charge in [0.05, 0.1) is 11.0 Å². The van der Waals surface area contributed by atoms with Crippen molar-refractivity contribution < 1.29 is 4.92 Å². The van der Waals surface area contributed by atoms with Crippen LogP contribution in [-0.4, -0.2) is 24.7 Å². The highest BCUT2D eigenvalue weighted by Gasteiger charge is 2.24. The zero-order valence-corrected chi connectivity index (χ0v) is 11.9. The lowest BCUT2D eigenvalue weighted by Crippen LogP contribution is -2.15. The molecule has 1 aliphatic rings. The van der Waals surface area contributed by atoms with Crippen LogP contribution in [0.5, 0.6) is 0 Å². The minimum Gasteiger partial charge on any atom is -0.355 e. The van der Waals surface area contributed by atoms with Crippen molar-refractivity contribution in [1.29, 1.82) is 0 Å². The number of hydrogen-bond donors (Lipinski definition) is 1. The lowest BCUT2D eigenvalue weighted by molar-refractivity contribution is -0.384. The van der Waals surface area contributed by atoms with Crippen LogP contribution in [0.3, 0.4) is 0 Å². The lowest BCUT2D eigenvalue weighted by atomic mass is 10.2. The minimum atomic E-state index is -0.427. The van der Waals surface area contributed by atoms with Gasteiger partial charge in [0.2, 0.25) is 5.82 Å². The third kappa shape index (κ3) is 2.44. The number of aryl methyl sites for hydroxylation is 2. The molecule has 0 amide bonds. The van der Waals surface area contributed by atoms with Crippen LogP contribution >= 0.6 is 0 Å². The van der Waals surface area contributed by atoms with E-state index in [1.807, 2.05) is 6.92 Å². The third-order valence-electron chi connectivity index (χ3n) is 3.58. The second kappa shape index (κ2) is 5.12. The van der Waals surface area contributed by atoms with Crippen LogP contribution < -0.4 is 5.32 Å². The number of nitro groups is 1. The van der Waals surface area contributed by atoms with Crippen molar-refractivity contribution in [2.75, 3.05) is 5.32 Å². The van der Waals surface area contributed by atoms with Gasteiger partial charge in [0.25, 0.3) is 0 Å². The van der Waals surface area contributed by atoms with Gasteiger partial charge in [-0.2, -0.15) is 0 Å². The van der Waals surface area contributed by atoms with Crippen molar-refractivity contribution >= 4 is 11.5 Å². The number of nitrogens with zero attached hydrogens (tertiary/aromatic N) is 5. The first kappa shape index (κ1) is 13.5. The van der Waals surface area contributed by atoms with Gasteiger partial charge < -0.3 is 9.88 Å². The maximum atomic E-state index is 11.1. The summed E-state index contributed by atoms with van der Waals surface area (Å²) in [5.41, 5.74) is 0.728. The van der Waals surface area contributed by atoms with E-state index in [-0.39, 0.29) is 17.5 Å². The van der Waals surface area contributed by atoms with E-state index >= 15 is 0 Å². The molecule has 21 heavy (non-hydrogen) atoms. The predicted octanol–water partition coefficient (Wildman–Crippen LogP) is 2.01. The van der Waals surface area contributed by atoms with Crippen molar-refractivity contribution in [1.82, 2.24) is 19.7 Å². The smallest absolute Gasteiger partial charge is 0.311 e. The third-order valence-corrected chi connectivity index (χ3v) is 3.58. The average Bonchev–Trinajstić information content (AvgIpc) is 3.02. The highest BCUT2D eigenvalue weighted by molar-refractivity contribution is 5.57. The van der Waals surface area contributed by atoms with Gasteiger partial charge in [-0.1, -0.05) is 0 Å². The lowest BCUT2D eigenvalue weighted by Gasteiger charge is -2.14. The number of nitrogens with one attached hydrogen (secondary N) is 1. The van der Waals surface area contributed by atoms with Crippen LogP contribution in [0, 0.1) is 17.0 Å². The van der Waals surface area contributed by atoms with E-state index in [0.717, 1.165) is 36.6 Å². The van der Waals surface area contributed by atoms with E-state index in [0.29, 0.717) is 0 Å². The number of pyridine rings is 1. The molecule has 8 nitrogen and oxygen atoms in total. The van der Waals surface area contributed by atoms with Crippen LogP contribution in [-0.2, 0) is 13.0 Å². The Bertz CT molecular complexity index is 696. The van der Waals surface area contributed by atoms with Crippen molar-refractivity contribution in [3.63, 3.8) is 0 Å². The van der Waals surface area contributed by atoms with Crippen LogP contribution in [0.25, 0.3) is 0 Å². The molecule has 0 aliphatic carbocycles. The molecule has 0 unspecified atom stereocenters. The molecule has 2 aromatic rings. The van der Waals surface area contributed by atoms with E-state index in [9.17, 15) is 10.1 Å². The molecule has 110 valence electrons. The Morgan fingerprint density at radius 3 is 3.05 bits per heavy atom. The number of anilines is 1. The quantitative estimate of drug-likeness (QED) is 0.682. The number of aromatic nitrogens is 4. The summed E-state index contributed by atoms with van der Waals surface area (Å²) < 4.78 is 2.07. The molecule has 0 radical (unpaired) electrons. The van der Waals surface area contributed by atoms with Crippen LogP contribution in [0.1, 0.15) is 36.6 Å². The highest BCUT2D eigenvalue weighted by Crippen LogP contribution is 2.27. The summed E-state index contributed by atoms with van der Waals surface area (Å²) in [6, 6.07) is 1.31. The first-order chi connectivity index (χ1) is 10.1. The Hall–Kier alpha value is -2.51. The molecule has 3 heterocycles. The molecule has 8 heteroatoms. The predicted molar refractivity (Wildman–Crippen MR) is 76.0 cm³/mol. The van der Waals surface area contributed by atoms with E-state index in [1.54, 1.807) is 13.1 Å². The highest BCUT2D eigenvalue weighted by atomic mass is 16.6. The van der Waals surface area contributed by atoms with Gasteiger partial charge in [0.1, 0.15) is 5.82 Å². The van der Waals surface area contributed by atoms with Crippen LogP contribution in [0.15, 0.2) is 12.3 Å². The monoisotopic (exact) mass is 288 g/mol. The standard InChI is InChI=1S/C13H16N6O2/c1-8-6-10(19(20)21)12(14-7-8)15-9(2)13-17-16-11-4-3-5-18(11)13/h6-7,9H,3-5H2,1-2H3,(H,14,15)/t9-/m1/s1. The molecule has 0 saturated heterocycles. The molecular weight excluding hydrogens is 272 g/mol. The molecular formula is C13H16N6O2. The molecule has 0 bridgehead atoms. The van der Waals surface area contributed by atoms with Crippen molar-refractivity contribution in [2.24, 2.45) is 0 Å². The van der Waals surface area contributed by atoms with Crippen molar-refractivity contribution in [3.8, 4) is 0 Å². The summed E-state index contributed by atoms with van der Waals surface area (Å²) in [7, 11) is 0. The topological polar surface area (TPSA) is 98.8 Å². The first-order valence-electron chi connectivity index (χ1n) is 6.86. The fourth-order valence-electron chi connectivity index (χ4n) is 2.57. The molecule has 0 aromatic carbocycles. The molecule has 1 N–H and O–H groups in total. The number of fused-ring (bicyclic) bond motifs is 1. The molecule has 2 aromatic heterocycles. The average molecular weight is 288 g/mol. The zero-order chi connectivity index (χ0) is 15.0. The second-order valence-corrected chi connectivity index (χ2v) is 5.23. The van der Waals surface area contributed by atoms with Crippen molar-refractivity contribution in [3.05, 3.63) is 39.6 Å². The van der Waals surface area contributed by atoms with Gasteiger partial charge >= 0.3 is 5.69 Å². The Balaban J connectivity index is 1.88. The summed E-state index contributed by atoms with van der Waals surface area (Å²) in [6.45, 7) is 4.58. The van der Waals surface area contributed by atoms with Crippen molar-refractivity contribution in [2.45, 2.75) is 39.3 Å². The molecule has 3 rings (SSSR count). The minimum absolute atomic E-state index is 0.0250. The summed E-state index contributed by atoms with van der Waals surface area (Å²) >= 11 is 0. The fourth-order valence-corrected chi connectivity index (χ4v) is 2.57. The molecule has 1 atom stereocenters. The molecule has 0 fully saturated rings. The van der Waals surface area contributed by atoms with E-state index in [4.69, 9.17) is 0 Å². The summed E-state index contributed by atoms with van der Waals surface area (Å²) in [4.78, 5) is 14.8. The zero-order valence-electron chi connectivity index (χ0n) is 11.9.